The van der Waals surface area contributed by atoms with Crippen molar-refractivity contribution in [2.24, 2.45) is 16.3 Å². The van der Waals surface area contributed by atoms with Gasteiger partial charge in [0.15, 0.2) is 0 Å². The van der Waals surface area contributed by atoms with Gasteiger partial charge in [0.25, 0.3) is 0 Å². The molecular formula is C11H22F3N3O. The first-order chi connectivity index (χ1) is 7.99. The molecular weight excluding hydrogens is 247 g/mol. The first kappa shape index (κ1) is 17.0. The molecule has 3 N–H and O–H groups in total. The van der Waals surface area contributed by atoms with E-state index >= 15 is 0 Å². The lowest BCUT2D eigenvalue weighted by Crippen LogP contribution is -2.42. The molecule has 0 heterocycles. The minimum atomic E-state index is -4.22. The van der Waals surface area contributed by atoms with Crippen LogP contribution in [0.2, 0.25) is 0 Å². The zero-order valence-corrected chi connectivity index (χ0v) is 11.3. The smallest absolute Gasteiger partial charge is 0.401 e. The van der Waals surface area contributed by atoms with Gasteiger partial charge >= 0.3 is 6.18 Å². The number of rotatable bonds is 6. The van der Waals surface area contributed by atoms with Gasteiger partial charge in [0, 0.05) is 11.5 Å². The van der Waals surface area contributed by atoms with Crippen molar-refractivity contribution in [2.75, 3.05) is 13.1 Å². The van der Waals surface area contributed by atoms with E-state index in [1.165, 1.54) is 4.90 Å². The van der Waals surface area contributed by atoms with Crippen LogP contribution < -0.4 is 5.73 Å². The predicted octanol–water partition coefficient (Wildman–Crippen LogP) is 2.42. The van der Waals surface area contributed by atoms with Gasteiger partial charge in [-0.15, -0.1) is 0 Å². The lowest BCUT2D eigenvalue weighted by atomic mass is 9.87. The van der Waals surface area contributed by atoms with E-state index in [0.717, 1.165) is 0 Å². The number of nitrogens with two attached hydrogens (primary N) is 1. The van der Waals surface area contributed by atoms with Gasteiger partial charge in [-0.25, -0.2) is 0 Å². The van der Waals surface area contributed by atoms with E-state index in [4.69, 9.17) is 10.9 Å². The van der Waals surface area contributed by atoms with Crippen LogP contribution in [0.25, 0.3) is 0 Å². The van der Waals surface area contributed by atoms with Crippen LogP contribution in [-0.4, -0.2) is 41.3 Å². The fraction of sp³-hybridized carbons (Fsp3) is 0.909. The highest BCUT2D eigenvalue weighted by Gasteiger charge is 2.33. The summed E-state index contributed by atoms with van der Waals surface area (Å²) >= 11 is 0. The highest BCUT2D eigenvalue weighted by Crippen LogP contribution is 2.24. The Balaban J connectivity index is 4.55. The van der Waals surface area contributed by atoms with Gasteiger partial charge in [-0.2, -0.15) is 13.2 Å². The normalized spacial score (nSPS) is 14.6. The Labute approximate surface area is 106 Å². The Kier molecular flexibility index (Phi) is 5.92. The number of oxime groups is 1. The largest absolute Gasteiger partial charge is 0.409 e. The minimum Gasteiger partial charge on any atom is -0.409 e. The standard InChI is InChI=1S/C11H22F3N3O/c1-8(2)17(7-11(12,13)14)6-5-10(3,4)9(15)16-18/h8,18H,5-7H2,1-4H3,(H2,15,16). The van der Waals surface area contributed by atoms with Crippen LogP contribution in [0.4, 0.5) is 13.2 Å². The summed E-state index contributed by atoms with van der Waals surface area (Å²) in [6, 6.07) is -0.213. The molecule has 0 amide bonds. The summed E-state index contributed by atoms with van der Waals surface area (Å²) in [5, 5.41) is 11.5. The number of amidine groups is 1. The van der Waals surface area contributed by atoms with Crippen molar-refractivity contribution in [2.45, 2.75) is 46.3 Å². The van der Waals surface area contributed by atoms with E-state index in [0.29, 0.717) is 6.42 Å². The first-order valence-corrected chi connectivity index (χ1v) is 5.78. The summed E-state index contributed by atoms with van der Waals surface area (Å²) in [6.45, 7) is 6.17. The Bertz CT molecular complexity index is 288. The van der Waals surface area contributed by atoms with Crippen LogP contribution in [0.1, 0.15) is 34.1 Å². The Morgan fingerprint density at radius 2 is 1.83 bits per heavy atom. The molecule has 0 saturated heterocycles. The molecule has 0 aromatic carbocycles. The van der Waals surface area contributed by atoms with E-state index < -0.39 is 18.1 Å². The fourth-order valence-corrected chi connectivity index (χ4v) is 1.44. The molecule has 0 aliphatic rings. The molecule has 4 nitrogen and oxygen atoms in total. The summed E-state index contributed by atoms with van der Waals surface area (Å²) < 4.78 is 37.1. The van der Waals surface area contributed by atoms with Gasteiger partial charge in [0.05, 0.1) is 6.54 Å². The molecule has 0 rings (SSSR count). The number of nitrogens with zero attached hydrogens (tertiary/aromatic N) is 2. The van der Waals surface area contributed by atoms with Crippen molar-refractivity contribution >= 4 is 5.84 Å². The van der Waals surface area contributed by atoms with Crippen molar-refractivity contribution in [3.63, 3.8) is 0 Å². The average molecular weight is 269 g/mol. The van der Waals surface area contributed by atoms with E-state index in [9.17, 15) is 13.2 Å². The molecule has 108 valence electrons. The maximum Gasteiger partial charge on any atom is 0.401 e. The third-order valence-corrected chi connectivity index (χ3v) is 2.94. The van der Waals surface area contributed by atoms with Gasteiger partial charge in [-0.1, -0.05) is 19.0 Å². The Morgan fingerprint density at radius 3 is 2.17 bits per heavy atom. The van der Waals surface area contributed by atoms with Crippen molar-refractivity contribution in [1.82, 2.24) is 4.90 Å². The lowest BCUT2D eigenvalue weighted by molar-refractivity contribution is -0.150. The third-order valence-electron chi connectivity index (χ3n) is 2.94. The molecule has 0 aromatic rings. The molecule has 0 unspecified atom stereocenters. The number of hydrogen-bond donors (Lipinski definition) is 2. The van der Waals surface area contributed by atoms with Gasteiger partial charge in [0.2, 0.25) is 0 Å². The number of alkyl halides is 3. The summed E-state index contributed by atoms with van der Waals surface area (Å²) in [5.74, 6) is 0.0261. The molecule has 0 atom stereocenters. The maximum atomic E-state index is 12.4. The Morgan fingerprint density at radius 1 is 1.33 bits per heavy atom. The van der Waals surface area contributed by atoms with Crippen LogP contribution in [0.5, 0.6) is 0 Å². The quantitative estimate of drug-likeness (QED) is 0.337. The monoisotopic (exact) mass is 269 g/mol. The fourth-order valence-electron chi connectivity index (χ4n) is 1.44. The minimum absolute atomic E-state index is 0.0261. The Hall–Kier alpha value is -0.980. The van der Waals surface area contributed by atoms with Crippen molar-refractivity contribution in [3.05, 3.63) is 0 Å². The van der Waals surface area contributed by atoms with Gasteiger partial charge in [-0.05, 0) is 26.8 Å². The lowest BCUT2D eigenvalue weighted by Gasteiger charge is -2.31. The highest BCUT2D eigenvalue weighted by atomic mass is 19.4. The predicted molar refractivity (Wildman–Crippen MR) is 64.6 cm³/mol. The zero-order chi connectivity index (χ0) is 14.6. The van der Waals surface area contributed by atoms with E-state index in [-0.39, 0.29) is 18.4 Å². The van der Waals surface area contributed by atoms with Crippen LogP contribution in [-0.2, 0) is 0 Å². The molecule has 0 bridgehead atoms. The molecule has 0 aliphatic heterocycles. The van der Waals surface area contributed by atoms with Crippen molar-refractivity contribution in [3.8, 4) is 0 Å². The summed E-state index contributed by atoms with van der Waals surface area (Å²) in [4.78, 5) is 1.33. The van der Waals surface area contributed by atoms with Crippen LogP contribution >= 0.6 is 0 Å². The number of halogens is 3. The van der Waals surface area contributed by atoms with Crippen molar-refractivity contribution < 1.29 is 18.4 Å². The molecule has 0 saturated carbocycles. The first-order valence-electron chi connectivity index (χ1n) is 5.78. The molecule has 0 aliphatic carbocycles. The average Bonchev–Trinajstić information content (AvgIpc) is 2.21. The zero-order valence-electron chi connectivity index (χ0n) is 11.3. The van der Waals surface area contributed by atoms with Crippen LogP contribution in [0.15, 0.2) is 5.16 Å². The summed E-state index contributed by atoms with van der Waals surface area (Å²) in [7, 11) is 0. The van der Waals surface area contributed by atoms with Gasteiger partial charge in [-0.3, -0.25) is 4.90 Å². The topological polar surface area (TPSA) is 61.8 Å². The molecule has 7 heteroatoms. The highest BCUT2D eigenvalue weighted by molar-refractivity contribution is 5.85. The van der Waals surface area contributed by atoms with Gasteiger partial charge in [0.1, 0.15) is 5.84 Å². The van der Waals surface area contributed by atoms with Crippen LogP contribution in [0.3, 0.4) is 0 Å². The summed E-state index contributed by atoms with van der Waals surface area (Å²) in [6.07, 6.45) is -3.83. The second kappa shape index (κ2) is 6.26. The third kappa shape index (κ3) is 6.09. The van der Waals surface area contributed by atoms with Crippen LogP contribution in [0, 0.1) is 5.41 Å². The van der Waals surface area contributed by atoms with E-state index in [1.54, 1.807) is 27.7 Å². The molecule has 0 spiro atoms. The molecule has 18 heavy (non-hydrogen) atoms. The second-order valence-electron chi connectivity index (χ2n) is 5.30. The summed E-state index contributed by atoms with van der Waals surface area (Å²) in [5.41, 5.74) is 4.87. The molecule has 0 radical (unpaired) electrons. The molecule has 0 aromatic heterocycles. The van der Waals surface area contributed by atoms with E-state index in [2.05, 4.69) is 5.16 Å². The van der Waals surface area contributed by atoms with E-state index in [1.807, 2.05) is 0 Å². The second-order valence-corrected chi connectivity index (χ2v) is 5.30. The molecule has 0 fully saturated rings. The maximum absolute atomic E-state index is 12.4. The SMILES string of the molecule is CC(C)N(CCC(C)(C)C(N)=NO)CC(F)(F)F. The number of hydrogen-bond acceptors (Lipinski definition) is 3. The van der Waals surface area contributed by atoms with Crippen molar-refractivity contribution in [1.29, 1.82) is 0 Å². The van der Waals surface area contributed by atoms with Gasteiger partial charge < -0.3 is 10.9 Å².